The third-order valence-electron chi connectivity index (χ3n) is 3.04. The monoisotopic (exact) mass is 360 g/mol. The molecule has 0 spiro atoms. The Bertz CT molecular complexity index is 738. The fraction of sp³-hybridized carbons (Fsp3) is 0.235. The van der Waals surface area contributed by atoms with Crippen molar-refractivity contribution >= 4 is 40.3 Å². The van der Waals surface area contributed by atoms with E-state index in [0.29, 0.717) is 33.9 Å². The number of thiocarbonyl (C=S) groups is 1. The van der Waals surface area contributed by atoms with Crippen LogP contribution in [0.1, 0.15) is 12.5 Å². The van der Waals surface area contributed by atoms with Crippen LogP contribution in [-0.2, 0) is 4.79 Å². The average Bonchev–Trinajstić information content (AvgIpc) is 2.82. The number of hydrogen-bond acceptors (Lipinski definition) is 6. The van der Waals surface area contributed by atoms with Gasteiger partial charge in [-0.05, 0) is 30.7 Å². The lowest BCUT2D eigenvalue weighted by atomic mass is 10.2. The highest BCUT2D eigenvalue weighted by molar-refractivity contribution is 8.26. The molecule has 1 fully saturated rings. The second-order valence-electron chi connectivity index (χ2n) is 4.67. The summed E-state index contributed by atoms with van der Waals surface area (Å²) in [6.07, 6.45) is 3.40. The van der Waals surface area contributed by atoms with Crippen LogP contribution < -0.4 is 9.47 Å². The van der Waals surface area contributed by atoms with Crippen molar-refractivity contribution in [1.29, 1.82) is 5.26 Å². The second-order valence-corrected chi connectivity index (χ2v) is 6.34. The lowest BCUT2D eigenvalue weighted by molar-refractivity contribution is -0.121. The summed E-state index contributed by atoms with van der Waals surface area (Å²) < 4.78 is 11.4. The first-order valence-corrected chi connectivity index (χ1v) is 8.46. The van der Waals surface area contributed by atoms with E-state index < -0.39 is 0 Å². The van der Waals surface area contributed by atoms with Crippen LogP contribution in [0.15, 0.2) is 35.8 Å². The van der Waals surface area contributed by atoms with Gasteiger partial charge in [0, 0.05) is 6.54 Å². The van der Waals surface area contributed by atoms with Crippen molar-refractivity contribution in [3.05, 3.63) is 41.3 Å². The molecule has 1 aliphatic heterocycles. The van der Waals surface area contributed by atoms with Crippen molar-refractivity contribution in [2.45, 2.75) is 6.92 Å². The van der Waals surface area contributed by atoms with Crippen molar-refractivity contribution < 1.29 is 14.3 Å². The van der Waals surface area contributed by atoms with E-state index in [-0.39, 0.29) is 12.5 Å². The Labute approximate surface area is 150 Å². The minimum atomic E-state index is -0.132. The van der Waals surface area contributed by atoms with Crippen LogP contribution >= 0.6 is 24.0 Å². The Morgan fingerprint density at radius 1 is 1.42 bits per heavy atom. The molecule has 0 aromatic heterocycles. The Morgan fingerprint density at radius 2 is 2.21 bits per heavy atom. The number of ether oxygens (including phenoxy) is 2. The summed E-state index contributed by atoms with van der Waals surface area (Å²) in [7, 11) is 0. The van der Waals surface area contributed by atoms with E-state index in [9.17, 15) is 4.79 Å². The molecular weight excluding hydrogens is 344 g/mol. The van der Waals surface area contributed by atoms with Crippen LogP contribution in [0.2, 0.25) is 0 Å². The van der Waals surface area contributed by atoms with E-state index in [1.54, 1.807) is 30.4 Å². The number of benzene rings is 1. The molecule has 0 saturated carbocycles. The molecule has 0 atom stereocenters. The molecule has 0 radical (unpaired) electrons. The molecule has 1 aliphatic rings. The number of amides is 1. The van der Waals surface area contributed by atoms with Crippen molar-refractivity contribution in [3.8, 4) is 17.6 Å². The van der Waals surface area contributed by atoms with E-state index >= 15 is 0 Å². The molecule has 7 heteroatoms. The predicted molar refractivity (Wildman–Crippen MR) is 98.8 cm³/mol. The van der Waals surface area contributed by atoms with E-state index in [1.807, 2.05) is 13.0 Å². The predicted octanol–water partition coefficient (Wildman–Crippen LogP) is 3.37. The summed E-state index contributed by atoms with van der Waals surface area (Å²) >= 11 is 6.48. The number of hydrogen-bond donors (Lipinski definition) is 0. The molecule has 1 amide bonds. The van der Waals surface area contributed by atoms with Crippen molar-refractivity contribution in [2.75, 3.05) is 19.8 Å². The zero-order valence-corrected chi connectivity index (χ0v) is 14.8. The lowest BCUT2D eigenvalue weighted by Crippen LogP contribution is -2.27. The summed E-state index contributed by atoms with van der Waals surface area (Å²) in [6.45, 7) is 6.30. The number of rotatable bonds is 7. The molecule has 24 heavy (non-hydrogen) atoms. The van der Waals surface area contributed by atoms with Gasteiger partial charge in [-0.1, -0.05) is 36.1 Å². The standard InChI is InChI=1S/C17H16N2O3S2/c1-3-8-19-16(20)15(24-17(19)23)11-12-5-6-13(22-9-7-18)14(10-12)21-4-2/h3,5-6,10-11H,1,4,8-9H2,2H3. The number of nitriles is 1. The molecule has 0 N–H and O–H groups in total. The van der Waals surface area contributed by atoms with Gasteiger partial charge in [-0.25, -0.2) is 0 Å². The zero-order chi connectivity index (χ0) is 17.5. The van der Waals surface area contributed by atoms with E-state index in [1.165, 1.54) is 16.7 Å². The molecule has 0 aliphatic carbocycles. The Hall–Kier alpha value is -2.30. The highest BCUT2D eigenvalue weighted by Crippen LogP contribution is 2.34. The average molecular weight is 360 g/mol. The number of nitrogens with zero attached hydrogens (tertiary/aromatic N) is 2. The van der Waals surface area contributed by atoms with Crippen molar-refractivity contribution in [3.63, 3.8) is 0 Å². The highest BCUT2D eigenvalue weighted by atomic mass is 32.2. The molecule has 0 unspecified atom stereocenters. The Morgan fingerprint density at radius 3 is 2.88 bits per heavy atom. The molecule has 0 bridgehead atoms. The van der Waals surface area contributed by atoms with Gasteiger partial charge < -0.3 is 9.47 Å². The highest BCUT2D eigenvalue weighted by Gasteiger charge is 2.30. The molecule has 124 valence electrons. The summed E-state index contributed by atoms with van der Waals surface area (Å²) in [5, 5.41) is 8.63. The van der Waals surface area contributed by atoms with Gasteiger partial charge in [-0.15, -0.1) is 6.58 Å². The first-order chi connectivity index (χ1) is 11.6. The minimum Gasteiger partial charge on any atom is -0.490 e. The Kier molecular flexibility index (Phi) is 6.41. The van der Waals surface area contributed by atoms with Gasteiger partial charge in [0.1, 0.15) is 10.4 Å². The summed E-state index contributed by atoms with van der Waals surface area (Å²) in [4.78, 5) is 14.4. The molecule has 1 saturated heterocycles. The fourth-order valence-electron chi connectivity index (χ4n) is 2.05. The molecule has 2 rings (SSSR count). The van der Waals surface area contributed by atoms with Gasteiger partial charge in [0.25, 0.3) is 5.91 Å². The Balaban J connectivity index is 2.27. The third kappa shape index (κ3) is 4.16. The van der Waals surface area contributed by atoms with Gasteiger partial charge in [0.2, 0.25) is 0 Å². The smallest absolute Gasteiger partial charge is 0.266 e. The van der Waals surface area contributed by atoms with Gasteiger partial charge in [0.05, 0.1) is 11.5 Å². The van der Waals surface area contributed by atoms with Crippen LogP contribution in [0.5, 0.6) is 11.5 Å². The zero-order valence-electron chi connectivity index (χ0n) is 13.2. The van der Waals surface area contributed by atoms with Gasteiger partial charge in [-0.3, -0.25) is 9.69 Å². The molecule has 1 heterocycles. The maximum Gasteiger partial charge on any atom is 0.266 e. The van der Waals surface area contributed by atoms with Crippen LogP contribution in [0, 0.1) is 11.3 Å². The maximum absolute atomic E-state index is 12.3. The molecule has 1 aromatic carbocycles. The van der Waals surface area contributed by atoms with E-state index in [2.05, 4.69) is 6.58 Å². The second kappa shape index (κ2) is 8.52. The van der Waals surface area contributed by atoms with E-state index in [0.717, 1.165) is 5.56 Å². The summed E-state index contributed by atoms with van der Waals surface area (Å²) in [6, 6.07) is 7.22. The summed E-state index contributed by atoms with van der Waals surface area (Å²) in [5.74, 6) is 0.894. The van der Waals surface area contributed by atoms with Crippen molar-refractivity contribution in [1.82, 2.24) is 4.90 Å². The third-order valence-corrected chi connectivity index (χ3v) is 4.42. The quantitative estimate of drug-likeness (QED) is 0.422. The molecule has 5 nitrogen and oxygen atoms in total. The first kappa shape index (κ1) is 18.0. The topological polar surface area (TPSA) is 62.6 Å². The lowest BCUT2D eigenvalue weighted by Gasteiger charge is -2.11. The largest absolute Gasteiger partial charge is 0.490 e. The van der Waals surface area contributed by atoms with Crippen LogP contribution in [0.25, 0.3) is 6.08 Å². The molecular formula is C17H16N2O3S2. The van der Waals surface area contributed by atoms with Gasteiger partial charge >= 0.3 is 0 Å². The normalized spacial score (nSPS) is 15.5. The number of thioether (sulfide) groups is 1. The minimum absolute atomic E-state index is 0.0559. The number of carbonyl (C=O) groups is 1. The molecule has 1 aromatic rings. The van der Waals surface area contributed by atoms with Crippen LogP contribution in [0.3, 0.4) is 0 Å². The first-order valence-electron chi connectivity index (χ1n) is 7.23. The van der Waals surface area contributed by atoms with E-state index in [4.69, 9.17) is 27.0 Å². The van der Waals surface area contributed by atoms with Gasteiger partial charge in [-0.2, -0.15) is 5.26 Å². The van der Waals surface area contributed by atoms with Gasteiger partial charge in [0.15, 0.2) is 18.1 Å². The van der Waals surface area contributed by atoms with Crippen LogP contribution in [0.4, 0.5) is 0 Å². The SMILES string of the molecule is C=CCN1C(=O)C(=Cc2ccc(OCC#N)c(OCC)c2)SC1=S. The summed E-state index contributed by atoms with van der Waals surface area (Å²) in [5.41, 5.74) is 0.793. The number of carbonyl (C=O) groups excluding carboxylic acids is 1. The maximum atomic E-state index is 12.3. The van der Waals surface area contributed by atoms with Crippen molar-refractivity contribution in [2.24, 2.45) is 0 Å². The fourth-order valence-corrected chi connectivity index (χ4v) is 3.32. The van der Waals surface area contributed by atoms with Crippen LogP contribution in [-0.4, -0.2) is 34.9 Å².